The van der Waals surface area contributed by atoms with Gasteiger partial charge in [-0.3, -0.25) is 4.79 Å². The van der Waals surface area contributed by atoms with Gasteiger partial charge in [-0.25, -0.2) is 9.97 Å². The molecule has 0 spiro atoms. The van der Waals surface area contributed by atoms with E-state index in [1.165, 1.54) is 6.20 Å². The van der Waals surface area contributed by atoms with E-state index in [0.29, 0.717) is 47.7 Å². The molecule has 0 bridgehead atoms. The molecule has 2 aromatic heterocycles. The van der Waals surface area contributed by atoms with Crippen LogP contribution in [0.5, 0.6) is 0 Å². The van der Waals surface area contributed by atoms with Crippen LogP contribution in [0.1, 0.15) is 10.4 Å². The summed E-state index contributed by atoms with van der Waals surface area (Å²) in [5.41, 5.74) is 0.518. The Morgan fingerprint density at radius 3 is 2.65 bits per heavy atom. The second-order valence-electron chi connectivity index (χ2n) is 5.67. The highest BCUT2D eigenvalue weighted by molar-refractivity contribution is 6.35. The predicted octanol–water partition coefficient (Wildman–Crippen LogP) is 2.46. The molecule has 0 unspecified atom stereocenters. The summed E-state index contributed by atoms with van der Waals surface area (Å²) in [7, 11) is 0. The van der Waals surface area contributed by atoms with E-state index in [-0.39, 0.29) is 5.91 Å². The van der Waals surface area contributed by atoms with Crippen molar-refractivity contribution < 1.29 is 9.53 Å². The fourth-order valence-electron chi connectivity index (χ4n) is 2.50. The zero-order chi connectivity index (χ0) is 18.4. The van der Waals surface area contributed by atoms with Gasteiger partial charge in [0.25, 0.3) is 5.91 Å². The van der Waals surface area contributed by atoms with Crippen LogP contribution in [-0.4, -0.2) is 55.3 Å². The Labute approximate surface area is 161 Å². The molecule has 1 saturated heterocycles. The number of aromatic nitrogens is 2. The lowest BCUT2D eigenvalue weighted by atomic mass is 10.2. The van der Waals surface area contributed by atoms with Crippen molar-refractivity contribution in [3.63, 3.8) is 0 Å². The average Bonchev–Trinajstić information content (AvgIpc) is 2.67. The first-order valence-electron chi connectivity index (χ1n) is 8.25. The molecule has 3 heterocycles. The number of ether oxygens (including phenoxy) is 1. The fraction of sp³-hybridized carbons (Fsp3) is 0.353. The first kappa shape index (κ1) is 18.7. The minimum atomic E-state index is -0.178. The summed E-state index contributed by atoms with van der Waals surface area (Å²) in [6, 6.07) is 5.24. The molecule has 1 fully saturated rings. The predicted molar refractivity (Wildman–Crippen MR) is 102 cm³/mol. The number of amides is 1. The van der Waals surface area contributed by atoms with Crippen molar-refractivity contribution in [3.05, 3.63) is 46.2 Å². The molecule has 0 aliphatic carbocycles. The summed E-state index contributed by atoms with van der Waals surface area (Å²) in [4.78, 5) is 22.8. The van der Waals surface area contributed by atoms with Gasteiger partial charge in [-0.1, -0.05) is 23.2 Å². The van der Waals surface area contributed by atoms with E-state index in [9.17, 15) is 4.79 Å². The monoisotopic (exact) mass is 395 g/mol. The van der Waals surface area contributed by atoms with Gasteiger partial charge < -0.3 is 20.3 Å². The largest absolute Gasteiger partial charge is 0.378 e. The van der Waals surface area contributed by atoms with Crippen LogP contribution in [-0.2, 0) is 4.74 Å². The number of hydrogen-bond donors (Lipinski definition) is 2. The topological polar surface area (TPSA) is 79.4 Å². The maximum atomic E-state index is 12.2. The third-order valence-corrected chi connectivity index (χ3v) is 4.35. The molecule has 2 aromatic rings. The summed E-state index contributed by atoms with van der Waals surface area (Å²) in [5.74, 6) is 1.21. The molecule has 1 aliphatic heterocycles. The third kappa shape index (κ3) is 4.97. The highest BCUT2D eigenvalue weighted by Gasteiger charge is 2.13. The molecule has 1 aliphatic rings. The van der Waals surface area contributed by atoms with E-state index >= 15 is 0 Å². The minimum absolute atomic E-state index is 0.178. The quantitative estimate of drug-likeness (QED) is 0.731. The Morgan fingerprint density at radius 2 is 1.96 bits per heavy atom. The average molecular weight is 396 g/mol. The number of hydrogen-bond acceptors (Lipinski definition) is 6. The molecule has 0 saturated carbocycles. The second-order valence-corrected chi connectivity index (χ2v) is 6.51. The van der Waals surface area contributed by atoms with Gasteiger partial charge in [-0.2, -0.15) is 0 Å². The zero-order valence-corrected chi connectivity index (χ0v) is 15.6. The van der Waals surface area contributed by atoms with Crippen molar-refractivity contribution in [1.29, 1.82) is 0 Å². The van der Waals surface area contributed by atoms with Crippen molar-refractivity contribution in [2.75, 3.05) is 49.6 Å². The standard InChI is InChI=1S/C17H19Cl2N5O2/c18-13-9-14(19)16(23-11-13)20-3-4-21-17(25)12-1-2-15(22-10-12)24-5-7-26-8-6-24/h1-2,9-11H,3-8H2,(H,20,23)(H,21,25). The van der Waals surface area contributed by atoms with Crippen LogP contribution in [0.2, 0.25) is 10.0 Å². The van der Waals surface area contributed by atoms with E-state index < -0.39 is 0 Å². The normalized spacial score (nSPS) is 14.2. The molecule has 26 heavy (non-hydrogen) atoms. The van der Waals surface area contributed by atoms with Crippen molar-refractivity contribution in [2.45, 2.75) is 0 Å². The summed E-state index contributed by atoms with van der Waals surface area (Å²) in [6.45, 7) is 3.92. The molecule has 0 radical (unpaired) electrons. The maximum Gasteiger partial charge on any atom is 0.252 e. The van der Waals surface area contributed by atoms with Gasteiger partial charge in [0.05, 0.1) is 28.8 Å². The molecule has 0 atom stereocenters. The van der Waals surface area contributed by atoms with Gasteiger partial charge >= 0.3 is 0 Å². The first-order chi connectivity index (χ1) is 12.6. The van der Waals surface area contributed by atoms with Crippen LogP contribution in [0.4, 0.5) is 11.6 Å². The number of rotatable bonds is 6. The lowest BCUT2D eigenvalue weighted by molar-refractivity contribution is 0.0954. The van der Waals surface area contributed by atoms with Crippen LogP contribution in [0.15, 0.2) is 30.6 Å². The van der Waals surface area contributed by atoms with Gasteiger partial charge in [0.15, 0.2) is 0 Å². The maximum absolute atomic E-state index is 12.2. The van der Waals surface area contributed by atoms with E-state index in [0.717, 1.165) is 18.9 Å². The molecular formula is C17H19Cl2N5O2. The molecule has 2 N–H and O–H groups in total. The summed E-state index contributed by atoms with van der Waals surface area (Å²) in [5, 5.41) is 6.79. The SMILES string of the molecule is O=C(NCCNc1ncc(Cl)cc1Cl)c1ccc(N2CCOCC2)nc1. The second kappa shape index (κ2) is 9.02. The number of anilines is 2. The molecule has 7 nitrogen and oxygen atoms in total. The van der Waals surface area contributed by atoms with Crippen LogP contribution >= 0.6 is 23.2 Å². The Hall–Kier alpha value is -2.09. The number of carbonyl (C=O) groups is 1. The molecule has 138 valence electrons. The third-order valence-electron chi connectivity index (χ3n) is 3.86. The lowest BCUT2D eigenvalue weighted by Crippen LogP contribution is -2.36. The molecule has 3 rings (SSSR count). The lowest BCUT2D eigenvalue weighted by Gasteiger charge is -2.27. The fourth-order valence-corrected chi connectivity index (χ4v) is 2.95. The van der Waals surface area contributed by atoms with Gasteiger partial charge in [0, 0.05) is 38.6 Å². The van der Waals surface area contributed by atoms with Crippen LogP contribution < -0.4 is 15.5 Å². The van der Waals surface area contributed by atoms with E-state index in [2.05, 4.69) is 25.5 Å². The number of nitrogens with zero attached hydrogens (tertiary/aromatic N) is 3. The van der Waals surface area contributed by atoms with Crippen molar-refractivity contribution >= 4 is 40.7 Å². The Kier molecular flexibility index (Phi) is 6.49. The molecular weight excluding hydrogens is 377 g/mol. The summed E-state index contributed by atoms with van der Waals surface area (Å²) in [6.07, 6.45) is 3.10. The van der Waals surface area contributed by atoms with Gasteiger partial charge in [-0.15, -0.1) is 0 Å². The highest BCUT2D eigenvalue weighted by Crippen LogP contribution is 2.22. The zero-order valence-electron chi connectivity index (χ0n) is 14.0. The Morgan fingerprint density at radius 1 is 1.15 bits per heavy atom. The number of carbonyl (C=O) groups excluding carboxylic acids is 1. The minimum Gasteiger partial charge on any atom is -0.378 e. The van der Waals surface area contributed by atoms with Gasteiger partial charge in [0.2, 0.25) is 0 Å². The molecule has 9 heteroatoms. The smallest absolute Gasteiger partial charge is 0.252 e. The van der Waals surface area contributed by atoms with Crippen LogP contribution in [0, 0.1) is 0 Å². The first-order valence-corrected chi connectivity index (χ1v) is 9.01. The molecule has 0 aromatic carbocycles. The van der Waals surface area contributed by atoms with E-state index in [4.69, 9.17) is 27.9 Å². The Bertz CT molecular complexity index is 751. The van der Waals surface area contributed by atoms with Crippen LogP contribution in [0.25, 0.3) is 0 Å². The summed E-state index contributed by atoms with van der Waals surface area (Å²) < 4.78 is 5.32. The number of halogens is 2. The molecule has 1 amide bonds. The highest BCUT2D eigenvalue weighted by atomic mass is 35.5. The van der Waals surface area contributed by atoms with Gasteiger partial charge in [-0.05, 0) is 18.2 Å². The van der Waals surface area contributed by atoms with Gasteiger partial charge in [0.1, 0.15) is 11.6 Å². The number of pyridine rings is 2. The number of morpholine rings is 1. The van der Waals surface area contributed by atoms with Crippen LogP contribution in [0.3, 0.4) is 0 Å². The van der Waals surface area contributed by atoms with Crippen molar-refractivity contribution in [1.82, 2.24) is 15.3 Å². The van der Waals surface area contributed by atoms with E-state index in [1.54, 1.807) is 18.3 Å². The van der Waals surface area contributed by atoms with Crippen molar-refractivity contribution in [2.24, 2.45) is 0 Å². The summed E-state index contributed by atoms with van der Waals surface area (Å²) >= 11 is 11.8. The number of nitrogens with one attached hydrogen (secondary N) is 2. The van der Waals surface area contributed by atoms with E-state index in [1.807, 2.05) is 6.07 Å². The Balaban J connectivity index is 1.45. The van der Waals surface area contributed by atoms with Crippen molar-refractivity contribution in [3.8, 4) is 0 Å².